The van der Waals surface area contributed by atoms with Crippen LogP contribution in [0.15, 0.2) is 12.1 Å². The Balaban J connectivity index is 2.28. The molecule has 1 aromatic heterocycles. The Morgan fingerprint density at radius 3 is 2.65 bits per heavy atom. The van der Waals surface area contributed by atoms with Crippen LogP contribution in [-0.4, -0.2) is 17.6 Å². The van der Waals surface area contributed by atoms with Crippen LogP contribution >= 0.6 is 11.3 Å². The lowest BCUT2D eigenvalue weighted by Gasteiger charge is -2.15. The van der Waals surface area contributed by atoms with Crippen LogP contribution in [0.2, 0.25) is 0 Å². The summed E-state index contributed by atoms with van der Waals surface area (Å²) < 4.78 is 0. The summed E-state index contributed by atoms with van der Waals surface area (Å²) >= 11 is 1.83. The molecule has 96 valence electrons. The summed E-state index contributed by atoms with van der Waals surface area (Å²) in [5, 5.41) is 11.8. The first-order valence-corrected chi connectivity index (χ1v) is 6.73. The molecule has 0 atom stereocenters. The number of hydrogen-bond acceptors (Lipinski definition) is 3. The highest BCUT2D eigenvalue weighted by Crippen LogP contribution is 2.29. The quantitative estimate of drug-likeness (QED) is 0.768. The monoisotopic (exact) mass is 255 g/mol. The Bertz CT molecular complexity index is 366. The van der Waals surface area contributed by atoms with Gasteiger partial charge in [0.15, 0.2) is 0 Å². The van der Waals surface area contributed by atoms with Crippen LogP contribution in [0.5, 0.6) is 0 Å². The number of rotatable bonds is 6. The second kappa shape index (κ2) is 6.17. The lowest BCUT2D eigenvalue weighted by atomic mass is 9.95. The van der Waals surface area contributed by atoms with E-state index in [4.69, 9.17) is 5.11 Å². The number of carboxylic acids is 1. The Morgan fingerprint density at radius 1 is 1.41 bits per heavy atom. The third-order valence-corrected chi connectivity index (χ3v) is 3.96. The molecule has 0 aliphatic heterocycles. The summed E-state index contributed by atoms with van der Waals surface area (Å²) in [6, 6.07) is 4.33. The first kappa shape index (κ1) is 14.2. The summed E-state index contributed by atoms with van der Waals surface area (Å²) in [5.41, 5.74) is 0.215. The van der Waals surface area contributed by atoms with Gasteiger partial charge in [0.2, 0.25) is 0 Å². The Hall–Kier alpha value is -0.870. The molecule has 2 N–H and O–H groups in total. The summed E-state index contributed by atoms with van der Waals surface area (Å²) in [6.07, 6.45) is 0.928. The molecule has 0 bridgehead atoms. The van der Waals surface area contributed by atoms with E-state index in [2.05, 4.69) is 38.2 Å². The molecule has 0 spiro atoms. The van der Waals surface area contributed by atoms with E-state index in [1.54, 1.807) is 0 Å². The average molecular weight is 255 g/mol. The van der Waals surface area contributed by atoms with Crippen molar-refractivity contribution in [2.24, 2.45) is 0 Å². The fourth-order valence-corrected chi connectivity index (χ4v) is 2.49. The van der Waals surface area contributed by atoms with E-state index in [0.29, 0.717) is 6.42 Å². The maximum Gasteiger partial charge on any atom is 0.303 e. The normalized spacial score (nSPS) is 11.7. The van der Waals surface area contributed by atoms with Crippen LogP contribution in [0.25, 0.3) is 0 Å². The summed E-state index contributed by atoms with van der Waals surface area (Å²) in [7, 11) is 0. The van der Waals surface area contributed by atoms with Gasteiger partial charge in [-0.15, -0.1) is 11.3 Å². The van der Waals surface area contributed by atoms with Crippen molar-refractivity contribution < 1.29 is 9.90 Å². The predicted octanol–water partition coefficient (Wildman–Crippen LogP) is 3.00. The first-order chi connectivity index (χ1) is 7.89. The Morgan fingerprint density at radius 2 is 2.12 bits per heavy atom. The lowest BCUT2D eigenvalue weighted by molar-refractivity contribution is -0.137. The van der Waals surface area contributed by atoms with Gasteiger partial charge in [0.05, 0.1) is 0 Å². The van der Waals surface area contributed by atoms with Gasteiger partial charge in [0.25, 0.3) is 0 Å². The standard InChI is InChI=1S/C13H21NO2S/c1-13(2,3)11-7-6-10(17-11)9-14-8-4-5-12(15)16/h6-7,14H,4-5,8-9H2,1-3H3,(H,15,16). The van der Waals surface area contributed by atoms with E-state index >= 15 is 0 Å². The zero-order valence-corrected chi connectivity index (χ0v) is 11.6. The molecule has 0 saturated heterocycles. The minimum absolute atomic E-state index is 0.215. The third kappa shape index (κ3) is 5.33. The average Bonchev–Trinajstić information content (AvgIpc) is 2.64. The zero-order chi connectivity index (χ0) is 12.9. The molecule has 0 amide bonds. The van der Waals surface area contributed by atoms with Crippen LogP contribution in [0.4, 0.5) is 0 Å². The highest BCUT2D eigenvalue weighted by atomic mass is 32.1. The molecule has 17 heavy (non-hydrogen) atoms. The maximum absolute atomic E-state index is 10.3. The number of nitrogens with one attached hydrogen (secondary N) is 1. The van der Waals surface area contributed by atoms with E-state index in [0.717, 1.165) is 13.1 Å². The van der Waals surface area contributed by atoms with Gasteiger partial charge in [0.1, 0.15) is 0 Å². The van der Waals surface area contributed by atoms with Crippen LogP contribution in [-0.2, 0) is 16.8 Å². The van der Waals surface area contributed by atoms with Gasteiger partial charge in [-0.3, -0.25) is 4.79 Å². The van der Waals surface area contributed by atoms with E-state index in [-0.39, 0.29) is 11.8 Å². The molecule has 1 rings (SSSR count). The van der Waals surface area contributed by atoms with Gasteiger partial charge in [0, 0.05) is 22.7 Å². The van der Waals surface area contributed by atoms with Gasteiger partial charge in [-0.25, -0.2) is 0 Å². The minimum Gasteiger partial charge on any atom is -0.481 e. The number of hydrogen-bond donors (Lipinski definition) is 2. The molecule has 0 fully saturated rings. The maximum atomic E-state index is 10.3. The number of carboxylic acid groups (broad SMARTS) is 1. The van der Waals surface area contributed by atoms with Crippen molar-refractivity contribution in [3.8, 4) is 0 Å². The molecule has 1 aromatic rings. The van der Waals surface area contributed by atoms with Crippen LogP contribution < -0.4 is 5.32 Å². The fraction of sp³-hybridized carbons (Fsp3) is 0.615. The molecule has 0 unspecified atom stereocenters. The highest BCUT2D eigenvalue weighted by molar-refractivity contribution is 7.12. The van der Waals surface area contributed by atoms with Crippen molar-refractivity contribution in [2.45, 2.75) is 45.6 Å². The Labute approximate surface area is 107 Å². The van der Waals surface area contributed by atoms with Crippen molar-refractivity contribution in [3.63, 3.8) is 0 Å². The SMILES string of the molecule is CC(C)(C)c1ccc(CNCCCC(=O)O)s1. The molecule has 4 heteroatoms. The number of thiophene rings is 1. The van der Waals surface area contributed by atoms with Crippen molar-refractivity contribution in [1.29, 1.82) is 0 Å². The lowest BCUT2D eigenvalue weighted by Crippen LogP contribution is -2.15. The van der Waals surface area contributed by atoms with E-state index in [9.17, 15) is 4.79 Å². The molecule has 0 aromatic carbocycles. The zero-order valence-electron chi connectivity index (χ0n) is 10.7. The van der Waals surface area contributed by atoms with Gasteiger partial charge in [-0.1, -0.05) is 20.8 Å². The third-order valence-electron chi connectivity index (χ3n) is 2.44. The largest absolute Gasteiger partial charge is 0.481 e. The molecule has 0 saturated carbocycles. The smallest absolute Gasteiger partial charge is 0.303 e. The molecule has 0 aliphatic rings. The van der Waals surface area contributed by atoms with Crippen molar-refractivity contribution in [2.75, 3.05) is 6.54 Å². The molecule has 3 nitrogen and oxygen atoms in total. The Kier molecular flexibility index (Phi) is 5.15. The molecule has 0 radical (unpaired) electrons. The summed E-state index contributed by atoms with van der Waals surface area (Å²) in [4.78, 5) is 13.0. The number of aliphatic carboxylic acids is 1. The highest BCUT2D eigenvalue weighted by Gasteiger charge is 2.15. The van der Waals surface area contributed by atoms with E-state index < -0.39 is 5.97 Å². The van der Waals surface area contributed by atoms with Gasteiger partial charge >= 0.3 is 5.97 Å². The van der Waals surface area contributed by atoms with Crippen LogP contribution in [0.1, 0.15) is 43.4 Å². The van der Waals surface area contributed by atoms with E-state index in [1.165, 1.54) is 9.75 Å². The molecular formula is C13H21NO2S. The van der Waals surface area contributed by atoms with Crippen molar-refractivity contribution in [1.82, 2.24) is 5.32 Å². The van der Waals surface area contributed by atoms with Gasteiger partial charge in [-0.2, -0.15) is 0 Å². The molecule has 1 heterocycles. The summed E-state index contributed by atoms with van der Waals surface area (Å²) in [5.74, 6) is -0.724. The topological polar surface area (TPSA) is 49.3 Å². The van der Waals surface area contributed by atoms with Crippen molar-refractivity contribution in [3.05, 3.63) is 21.9 Å². The number of carbonyl (C=O) groups is 1. The molecule has 0 aliphatic carbocycles. The van der Waals surface area contributed by atoms with Gasteiger partial charge < -0.3 is 10.4 Å². The second-order valence-corrected chi connectivity index (χ2v) is 6.36. The minimum atomic E-state index is -0.724. The first-order valence-electron chi connectivity index (χ1n) is 5.91. The van der Waals surface area contributed by atoms with Crippen LogP contribution in [0, 0.1) is 0 Å². The van der Waals surface area contributed by atoms with Gasteiger partial charge in [-0.05, 0) is 30.5 Å². The van der Waals surface area contributed by atoms with Crippen LogP contribution in [0.3, 0.4) is 0 Å². The summed E-state index contributed by atoms with van der Waals surface area (Å²) in [6.45, 7) is 8.23. The fourth-order valence-electron chi connectivity index (χ4n) is 1.45. The van der Waals surface area contributed by atoms with Crippen molar-refractivity contribution >= 4 is 17.3 Å². The predicted molar refractivity (Wildman–Crippen MR) is 71.6 cm³/mol. The second-order valence-electron chi connectivity index (χ2n) is 5.19. The molecular weight excluding hydrogens is 234 g/mol. The van der Waals surface area contributed by atoms with E-state index in [1.807, 2.05) is 11.3 Å².